The summed E-state index contributed by atoms with van der Waals surface area (Å²) >= 11 is 0. The molecule has 0 aromatic heterocycles. The van der Waals surface area contributed by atoms with Crippen LogP contribution in [0.5, 0.6) is 11.5 Å². The van der Waals surface area contributed by atoms with E-state index in [2.05, 4.69) is 6.92 Å². The van der Waals surface area contributed by atoms with Gasteiger partial charge in [0.1, 0.15) is 0 Å². The molecule has 3 heteroatoms. The molecule has 0 aliphatic rings. The second-order valence-electron chi connectivity index (χ2n) is 6.33. The minimum Gasteiger partial charge on any atom is -0.504 e. The number of rotatable bonds is 14. The van der Waals surface area contributed by atoms with E-state index in [0.29, 0.717) is 0 Å². The fraction of sp³-hybridized carbons (Fsp3) is 0.700. The molecule has 0 amide bonds. The lowest BCUT2D eigenvalue weighted by atomic mass is 10.0. The Hall–Kier alpha value is -1.22. The Kier molecular flexibility index (Phi) is 11.4. The molecule has 0 heterocycles. The third-order valence-electron chi connectivity index (χ3n) is 4.23. The van der Waals surface area contributed by atoms with Gasteiger partial charge in [-0.15, -0.1) is 0 Å². The SMILES string of the molecule is CCCCCCCOCCCCCCCc1cccc(O)c1O. The van der Waals surface area contributed by atoms with Crippen LogP contribution in [0.15, 0.2) is 18.2 Å². The van der Waals surface area contributed by atoms with Gasteiger partial charge in [0.2, 0.25) is 0 Å². The van der Waals surface area contributed by atoms with Crippen molar-refractivity contribution in [2.75, 3.05) is 13.2 Å². The zero-order chi connectivity index (χ0) is 16.8. The summed E-state index contributed by atoms with van der Waals surface area (Å²) in [4.78, 5) is 0. The van der Waals surface area contributed by atoms with Gasteiger partial charge in [-0.25, -0.2) is 0 Å². The van der Waals surface area contributed by atoms with E-state index in [9.17, 15) is 10.2 Å². The Labute approximate surface area is 141 Å². The van der Waals surface area contributed by atoms with E-state index in [0.717, 1.165) is 44.5 Å². The Balaban J connectivity index is 1.87. The Morgan fingerprint density at radius 2 is 1.39 bits per heavy atom. The Bertz CT molecular complexity index is 404. The summed E-state index contributed by atoms with van der Waals surface area (Å²) in [5.41, 5.74) is 0.844. The minimum atomic E-state index is -0.0191. The number of unbranched alkanes of at least 4 members (excludes halogenated alkanes) is 8. The van der Waals surface area contributed by atoms with Gasteiger partial charge in [-0.05, 0) is 37.3 Å². The van der Waals surface area contributed by atoms with Crippen molar-refractivity contribution in [1.29, 1.82) is 0 Å². The first-order chi connectivity index (χ1) is 11.3. The highest BCUT2D eigenvalue weighted by molar-refractivity contribution is 5.44. The fourth-order valence-electron chi connectivity index (χ4n) is 2.74. The zero-order valence-corrected chi connectivity index (χ0v) is 14.7. The first-order valence-electron chi connectivity index (χ1n) is 9.33. The molecule has 3 nitrogen and oxygen atoms in total. The lowest BCUT2D eigenvalue weighted by Gasteiger charge is -2.06. The molecule has 0 atom stereocenters. The van der Waals surface area contributed by atoms with E-state index in [4.69, 9.17) is 4.74 Å². The summed E-state index contributed by atoms with van der Waals surface area (Å²) in [7, 11) is 0. The van der Waals surface area contributed by atoms with Gasteiger partial charge in [0.15, 0.2) is 11.5 Å². The summed E-state index contributed by atoms with van der Waals surface area (Å²) in [6.45, 7) is 4.05. The average Bonchev–Trinajstić information content (AvgIpc) is 2.55. The van der Waals surface area contributed by atoms with Gasteiger partial charge in [-0.1, -0.05) is 64.0 Å². The van der Waals surface area contributed by atoms with E-state index in [1.807, 2.05) is 6.07 Å². The first kappa shape index (κ1) is 19.8. The fourth-order valence-corrected chi connectivity index (χ4v) is 2.74. The number of para-hydroxylation sites is 1. The molecule has 132 valence electrons. The van der Waals surface area contributed by atoms with Crippen LogP contribution in [-0.2, 0) is 11.2 Å². The van der Waals surface area contributed by atoms with Gasteiger partial charge in [-0.2, -0.15) is 0 Å². The molecule has 0 aliphatic carbocycles. The normalized spacial score (nSPS) is 11.0. The highest BCUT2D eigenvalue weighted by Crippen LogP contribution is 2.29. The predicted octanol–water partition coefficient (Wildman–Crippen LogP) is 5.58. The Morgan fingerprint density at radius 3 is 2.09 bits per heavy atom. The van der Waals surface area contributed by atoms with Crippen LogP contribution in [0.25, 0.3) is 0 Å². The van der Waals surface area contributed by atoms with Crippen molar-refractivity contribution in [3.8, 4) is 11.5 Å². The van der Waals surface area contributed by atoms with Crippen LogP contribution in [0, 0.1) is 0 Å². The van der Waals surface area contributed by atoms with Crippen LogP contribution in [-0.4, -0.2) is 23.4 Å². The van der Waals surface area contributed by atoms with Crippen LogP contribution in [0.2, 0.25) is 0 Å². The zero-order valence-electron chi connectivity index (χ0n) is 14.7. The molecule has 1 aromatic rings. The van der Waals surface area contributed by atoms with Gasteiger partial charge in [-0.3, -0.25) is 0 Å². The number of benzene rings is 1. The van der Waals surface area contributed by atoms with Gasteiger partial charge in [0, 0.05) is 13.2 Å². The molecule has 0 radical (unpaired) electrons. The maximum atomic E-state index is 9.72. The average molecular weight is 322 g/mol. The van der Waals surface area contributed by atoms with Crippen LogP contribution in [0.1, 0.15) is 76.7 Å². The summed E-state index contributed by atoms with van der Waals surface area (Å²) in [5.74, 6) is 0.0224. The van der Waals surface area contributed by atoms with Crippen molar-refractivity contribution in [3.63, 3.8) is 0 Å². The van der Waals surface area contributed by atoms with E-state index in [1.165, 1.54) is 51.0 Å². The van der Waals surface area contributed by atoms with Gasteiger partial charge in [0.05, 0.1) is 0 Å². The second kappa shape index (κ2) is 13.2. The Morgan fingerprint density at radius 1 is 0.783 bits per heavy atom. The highest BCUT2D eigenvalue weighted by Gasteiger charge is 2.04. The van der Waals surface area contributed by atoms with Gasteiger partial charge in [0.25, 0.3) is 0 Å². The van der Waals surface area contributed by atoms with Crippen molar-refractivity contribution in [2.24, 2.45) is 0 Å². The van der Waals surface area contributed by atoms with Crippen molar-refractivity contribution < 1.29 is 14.9 Å². The van der Waals surface area contributed by atoms with Crippen molar-refractivity contribution >= 4 is 0 Å². The van der Waals surface area contributed by atoms with Gasteiger partial charge < -0.3 is 14.9 Å². The molecule has 0 aliphatic heterocycles. The molecule has 0 saturated carbocycles. The third kappa shape index (κ3) is 9.50. The van der Waals surface area contributed by atoms with E-state index in [1.54, 1.807) is 6.07 Å². The standard InChI is InChI=1S/C20H34O3/c1-2-3-4-7-10-16-23-17-11-8-5-6-9-13-18-14-12-15-19(21)20(18)22/h12,14-15,21-22H,2-11,13,16-17H2,1H3. The number of hydrogen-bond acceptors (Lipinski definition) is 3. The van der Waals surface area contributed by atoms with E-state index < -0.39 is 0 Å². The second-order valence-corrected chi connectivity index (χ2v) is 6.33. The number of phenolic OH excluding ortho intramolecular Hbond substituents is 2. The molecular weight excluding hydrogens is 288 g/mol. The monoisotopic (exact) mass is 322 g/mol. The lowest BCUT2D eigenvalue weighted by Crippen LogP contribution is -1.97. The molecule has 1 rings (SSSR count). The molecule has 23 heavy (non-hydrogen) atoms. The molecular formula is C20H34O3. The highest BCUT2D eigenvalue weighted by atomic mass is 16.5. The number of ether oxygens (including phenoxy) is 1. The number of aromatic hydroxyl groups is 2. The number of hydrogen-bond donors (Lipinski definition) is 2. The maximum Gasteiger partial charge on any atom is 0.160 e. The maximum absolute atomic E-state index is 9.72. The quantitative estimate of drug-likeness (QED) is 0.347. The summed E-state index contributed by atoms with van der Waals surface area (Å²) in [5, 5.41) is 19.2. The van der Waals surface area contributed by atoms with Crippen molar-refractivity contribution in [3.05, 3.63) is 23.8 Å². The molecule has 0 spiro atoms. The van der Waals surface area contributed by atoms with Crippen LogP contribution in [0.3, 0.4) is 0 Å². The largest absolute Gasteiger partial charge is 0.504 e. The van der Waals surface area contributed by atoms with E-state index in [-0.39, 0.29) is 11.5 Å². The predicted molar refractivity (Wildman–Crippen MR) is 96.1 cm³/mol. The number of phenols is 2. The smallest absolute Gasteiger partial charge is 0.160 e. The first-order valence-corrected chi connectivity index (χ1v) is 9.33. The van der Waals surface area contributed by atoms with Crippen molar-refractivity contribution in [2.45, 2.75) is 77.6 Å². The summed E-state index contributed by atoms with van der Waals surface area (Å²) in [6, 6.07) is 5.18. The minimum absolute atomic E-state index is 0.0191. The third-order valence-corrected chi connectivity index (χ3v) is 4.23. The molecule has 2 N–H and O–H groups in total. The summed E-state index contributed by atoms with van der Waals surface area (Å²) in [6.07, 6.45) is 13.1. The van der Waals surface area contributed by atoms with Crippen molar-refractivity contribution in [1.82, 2.24) is 0 Å². The molecule has 0 unspecified atom stereocenters. The number of aryl methyl sites for hydroxylation is 1. The molecule has 0 bridgehead atoms. The molecule has 0 fully saturated rings. The topological polar surface area (TPSA) is 49.7 Å². The lowest BCUT2D eigenvalue weighted by molar-refractivity contribution is 0.125. The summed E-state index contributed by atoms with van der Waals surface area (Å²) < 4.78 is 5.66. The van der Waals surface area contributed by atoms with Crippen LogP contribution >= 0.6 is 0 Å². The molecule has 0 saturated heterocycles. The van der Waals surface area contributed by atoms with Crippen LogP contribution < -0.4 is 0 Å². The van der Waals surface area contributed by atoms with E-state index >= 15 is 0 Å². The molecule has 1 aromatic carbocycles. The van der Waals surface area contributed by atoms with Gasteiger partial charge >= 0.3 is 0 Å². The van der Waals surface area contributed by atoms with Crippen LogP contribution in [0.4, 0.5) is 0 Å².